The van der Waals surface area contributed by atoms with Crippen molar-refractivity contribution in [3.8, 4) is 0 Å². The standard InChI is InChI=1S/C15H22N6O3S/c1-3-16-14(18-11-15(2,22)13-5-4-8-25-13)17-6-7-20-10-12(9-19-20)21(23)24/h4-5,8-10,22H,3,6-7,11H2,1-2H3,(H2,16,17,18). The molecular formula is C15H22N6O3S. The van der Waals surface area contributed by atoms with Gasteiger partial charge in [0.2, 0.25) is 0 Å². The summed E-state index contributed by atoms with van der Waals surface area (Å²) in [6, 6.07) is 3.77. The van der Waals surface area contributed by atoms with Crippen LogP contribution in [0.3, 0.4) is 0 Å². The lowest BCUT2D eigenvalue weighted by molar-refractivity contribution is -0.385. The molecule has 2 heterocycles. The third-order valence-electron chi connectivity index (χ3n) is 3.41. The zero-order chi connectivity index (χ0) is 18.3. The number of nitro groups is 1. The lowest BCUT2D eigenvalue weighted by Gasteiger charge is -2.20. The van der Waals surface area contributed by atoms with Crippen molar-refractivity contribution >= 4 is 23.0 Å². The molecule has 0 bridgehead atoms. The largest absolute Gasteiger partial charge is 0.383 e. The summed E-state index contributed by atoms with van der Waals surface area (Å²) in [5, 5.41) is 33.2. The number of hydrogen-bond acceptors (Lipinski definition) is 6. The number of nitrogens with one attached hydrogen (secondary N) is 2. The Morgan fingerprint density at radius 1 is 1.56 bits per heavy atom. The summed E-state index contributed by atoms with van der Waals surface area (Å²) < 4.78 is 1.50. The van der Waals surface area contributed by atoms with E-state index in [9.17, 15) is 15.2 Å². The zero-order valence-electron chi connectivity index (χ0n) is 14.2. The summed E-state index contributed by atoms with van der Waals surface area (Å²) in [6.07, 6.45) is 2.60. The minimum Gasteiger partial charge on any atom is -0.383 e. The van der Waals surface area contributed by atoms with Gasteiger partial charge in [-0.2, -0.15) is 5.10 Å². The Labute approximate surface area is 149 Å². The molecule has 0 aliphatic carbocycles. The van der Waals surface area contributed by atoms with Crippen LogP contribution in [0.1, 0.15) is 18.7 Å². The van der Waals surface area contributed by atoms with E-state index in [4.69, 9.17) is 0 Å². The molecule has 0 saturated carbocycles. The SMILES string of the molecule is CCNC(=NCC(C)(O)c1cccs1)NCCn1cc([N+](=O)[O-])cn1. The van der Waals surface area contributed by atoms with Crippen molar-refractivity contribution in [2.45, 2.75) is 26.0 Å². The van der Waals surface area contributed by atoms with Crippen molar-refractivity contribution in [2.75, 3.05) is 19.6 Å². The van der Waals surface area contributed by atoms with E-state index >= 15 is 0 Å². The van der Waals surface area contributed by atoms with E-state index in [0.29, 0.717) is 25.6 Å². The van der Waals surface area contributed by atoms with Crippen LogP contribution in [0.5, 0.6) is 0 Å². The lowest BCUT2D eigenvalue weighted by Crippen LogP contribution is -2.40. The average molecular weight is 366 g/mol. The highest BCUT2D eigenvalue weighted by molar-refractivity contribution is 7.10. The number of guanidine groups is 1. The molecule has 0 aromatic carbocycles. The van der Waals surface area contributed by atoms with E-state index in [1.54, 1.807) is 6.92 Å². The van der Waals surface area contributed by atoms with Crippen LogP contribution in [-0.2, 0) is 12.1 Å². The molecule has 25 heavy (non-hydrogen) atoms. The van der Waals surface area contributed by atoms with Gasteiger partial charge in [0.05, 0.1) is 18.0 Å². The van der Waals surface area contributed by atoms with Gasteiger partial charge in [-0.25, -0.2) is 4.99 Å². The van der Waals surface area contributed by atoms with Crippen molar-refractivity contribution in [3.05, 3.63) is 44.9 Å². The van der Waals surface area contributed by atoms with Crippen LogP contribution in [0.15, 0.2) is 34.9 Å². The first-order valence-corrected chi connectivity index (χ1v) is 8.75. The molecule has 1 unspecified atom stereocenters. The first kappa shape index (κ1) is 18.9. The predicted molar refractivity (Wildman–Crippen MR) is 96.8 cm³/mol. The molecular weight excluding hydrogens is 344 g/mol. The number of aliphatic hydroxyl groups is 1. The van der Waals surface area contributed by atoms with Gasteiger partial charge in [-0.1, -0.05) is 6.07 Å². The van der Waals surface area contributed by atoms with Gasteiger partial charge in [-0.05, 0) is 25.3 Å². The smallest absolute Gasteiger partial charge is 0.306 e. The molecule has 136 valence electrons. The van der Waals surface area contributed by atoms with Crippen molar-refractivity contribution in [2.24, 2.45) is 4.99 Å². The lowest BCUT2D eigenvalue weighted by atomic mass is 10.1. The molecule has 0 amide bonds. The summed E-state index contributed by atoms with van der Waals surface area (Å²) in [5.41, 5.74) is -1.06. The quantitative estimate of drug-likeness (QED) is 0.281. The van der Waals surface area contributed by atoms with E-state index in [0.717, 1.165) is 4.88 Å². The minimum atomic E-state index is -1.03. The molecule has 2 aromatic rings. The number of hydrogen-bond donors (Lipinski definition) is 3. The van der Waals surface area contributed by atoms with Crippen molar-refractivity contribution < 1.29 is 10.0 Å². The van der Waals surface area contributed by atoms with Gasteiger partial charge in [0.1, 0.15) is 18.0 Å². The Kier molecular flexibility index (Phi) is 6.48. The fourth-order valence-corrected chi connectivity index (χ4v) is 2.88. The van der Waals surface area contributed by atoms with Crippen molar-refractivity contribution in [1.29, 1.82) is 0 Å². The van der Waals surface area contributed by atoms with Gasteiger partial charge < -0.3 is 15.7 Å². The maximum atomic E-state index is 10.6. The second-order valence-electron chi connectivity index (χ2n) is 5.59. The summed E-state index contributed by atoms with van der Waals surface area (Å²) in [6.45, 7) is 5.53. The van der Waals surface area contributed by atoms with Gasteiger partial charge >= 0.3 is 5.69 Å². The Balaban J connectivity index is 1.90. The Bertz CT molecular complexity index is 711. The molecule has 0 spiro atoms. The third kappa shape index (κ3) is 5.54. The monoisotopic (exact) mass is 366 g/mol. The van der Waals surface area contributed by atoms with Crippen LogP contribution in [0.25, 0.3) is 0 Å². The Morgan fingerprint density at radius 2 is 2.36 bits per heavy atom. The summed E-state index contributed by atoms with van der Waals surface area (Å²) in [7, 11) is 0. The van der Waals surface area contributed by atoms with Gasteiger partial charge in [0.15, 0.2) is 5.96 Å². The molecule has 0 aliphatic heterocycles. The fraction of sp³-hybridized carbons (Fsp3) is 0.467. The van der Waals surface area contributed by atoms with Gasteiger partial charge in [0.25, 0.3) is 0 Å². The van der Waals surface area contributed by atoms with Crippen LogP contribution in [0.2, 0.25) is 0 Å². The highest BCUT2D eigenvalue weighted by Crippen LogP contribution is 2.25. The first-order valence-electron chi connectivity index (χ1n) is 7.88. The van der Waals surface area contributed by atoms with E-state index in [2.05, 4.69) is 20.7 Å². The number of thiophene rings is 1. The number of aliphatic imine (C=N–C) groups is 1. The van der Waals surface area contributed by atoms with Crippen LogP contribution in [0, 0.1) is 10.1 Å². The van der Waals surface area contributed by atoms with Crippen LogP contribution >= 0.6 is 11.3 Å². The molecule has 0 aliphatic rings. The molecule has 9 nitrogen and oxygen atoms in total. The summed E-state index contributed by atoms with van der Waals surface area (Å²) in [5.74, 6) is 0.570. The van der Waals surface area contributed by atoms with Gasteiger partial charge in [-0.15, -0.1) is 11.3 Å². The average Bonchev–Trinajstić information content (AvgIpc) is 3.24. The Hall–Kier alpha value is -2.46. The maximum Gasteiger partial charge on any atom is 0.306 e. The summed E-state index contributed by atoms with van der Waals surface area (Å²) >= 11 is 1.49. The van der Waals surface area contributed by atoms with Crippen LogP contribution in [-0.4, -0.2) is 45.4 Å². The first-order chi connectivity index (χ1) is 11.9. The van der Waals surface area contributed by atoms with E-state index < -0.39 is 10.5 Å². The van der Waals surface area contributed by atoms with Gasteiger partial charge in [-0.3, -0.25) is 14.8 Å². The molecule has 10 heteroatoms. The van der Waals surface area contributed by atoms with Crippen LogP contribution < -0.4 is 10.6 Å². The molecule has 1 atom stereocenters. The Morgan fingerprint density at radius 3 is 2.96 bits per heavy atom. The van der Waals surface area contributed by atoms with E-state index in [1.807, 2.05) is 24.4 Å². The topological polar surface area (TPSA) is 118 Å². The van der Waals surface area contributed by atoms with Crippen LogP contribution in [0.4, 0.5) is 5.69 Å². The zero-order valence-corrected chi connectivity index (χ0v) is 15.0. The number of aromatic nitrogens is 2. The second-order valence-corrected chi connectivity index (χ2v) is 6.54. The predicted octanol–water partition coefficient (Wildman–Crippen LogP) is 1.32. The highest BCUT2D eigenvalue weighted by Gasteiger charge is 2.23. The normalized spacial score (nSPS) is 14.1. The number of nitrogens with zero attached hydrogens (tertiary/aromatic N) is 4. The molecule has 3 N–H and O–H groups in total. The molecule has 0 fully saturated rings. The van der Waals surface area contributed by atoms with Crippen molar-refractivity contribution in [3.63, 3.8) is 0 Å². The van der Waals surface area contributed by atoms with Crippen molar-refractivity contribution in [1.82, 2.24) is 20.4 Å². The number of rotatable bonds is 8. The second kappa shape index (κ2) is 8.58. The molecule has 0 saturated heterocycles. The van der Waals surface area contributed by atoms with E-state index in [-0.39, 0.29) is 12.2 Å². The highest BCUT2D eigenvalue weighted by atomic mass is 32.1. The fourth-order valence-electron chi connectivity index (χ4n) is 2.10. The van der Waals surface area contributed by atoms with Gasteiger partial charge in [0, 0.05) is 18.0 Å². The third-order valence-corrected chi connectivity index (χ3v) is 4.53. The molecule has 0 radical (unpaired) electrons. The molecule has 2 rings (SSSR count). The minimum absolute atomic E-state index is 0.0347. The molecule has 2 aromatic heterocycles. The van der Waals surface area contributed by atoms with E-state index in [1.165, 1.54) is 28.4 Å². The summed E-state index contributed by atoms with van der Waals surface area (Å²) in [4.78, 5) is 15.4. The maximum absolute atomic E-state index is 10.6.